The number of nitrogens with zero attached hydrogens (tertiary/aromatic N) is 3. The van der Waals surface area contributed by atoms with Crippen molar-refractivity contribution < 1.29 is 9.59 Å². The van der Waals surface area contributed by atoms with Crippen LogP contribution in [0, 0.1) is 12.8 Å². The summed E-state index contributed by atoms with van der Waals surface area (Å²) in [6.07, 6.45) is 0. The summed E-state index contributed by atoms with van der Waals surface area (Å²) in [6, 6.07) is 7.25. The molecule has 2 aromatic rings. The van der Waals surface area contributed by atoms with Gasteiger partial charge in [0.15, 0.2) is 0 Å². The number of halogens is 1. The zero-order valence-electron chi connectivity index (χ0n) is 15.4. The van der Waals surface area contributed by atoms with Gasteiger partial charge < -0.3 is 5.32 Å². The quantitative estimate of drug-likeness (QED) is 0.621. The number of hydrogen-bond donors (Lipinski definition) is 2. The smallest absolute Gasteiger partial charge is 0.291 e. The Balaban J connectivity index is 2.14. The first-order valence-electron chi connectivity index (χ1n) is 8.15. The fraction of sp³-hybridized carbons (Fsp3) is 0.333. The van der Waals surface area contributed by atoms with Crippen LogP contribution in [0.4, 0.5) is 5.69 Å². The molecule has 7 nitrogen and oxygen atoms in total. The monoisotopic (exact) mass is 375 g/mol. The van der Waals surface area contributed by atoms with Crippen molar-refractivity contribution in [3.63, 3.8) is 0 Å². The standard InChI is InChI=1S/C18H22ClN5O2/c1-10(2)17(25)20-14-8-6-7-13(9-14)11(3)21-22-18(26)16-15(19)12(4)23-24(16)5/h6-10H,1-5H3,(H,20,25)(H,22,26)/b21-11-. The molecule has 26 heavy (non-hydrogen) atoms. The fourth-order valence-corrected chi connectivity index (χ4v) is 2.49. The maximum atomic E-state index is 12.3. The van der Waals surface area contributed by atoms with E-state index in [-0.39, 0.29) is 17.5 Å². The predicted molar refractivity (Wildman–Crippen MR) is 103 cm³/mol. The highest BCUT2D eigenvalue weighted by molar-refractivity contribution is 6.34. The van der Waals surface area contributed by atoms with Gasteiger partial charge in [0.1, 0.15) is 5.69 Å². The summed E-state index contributed by atoms with van der Waals surface area (Å²) >= 11 is 6.10. The van der Waals surface area contributed by atoms with E-state index in [1.165, 1.54) is 4.68 Å². The minimum Gasteiger partial charge on any atom is -0.326 e. The third kappa shape index (κ3) is 4.49. The lowest BCUT2D eigenvalue weighted by atomic mass is 10.1. The molecule has 0 aliphatic carbocycles. The molecule has 138 valence electrons. The van der Waals surface area contributed by atoms with Crippen LogP contribution in [0.25, 0.3) is 0 Å². The number of nitrogens with one attached hydrogen (secondary N) is 2. The predicted octanol–water partition coefficient (Wildman–Crippen LogP) is 3.13. The van der Waals surface area contributed by atoms with E-state index < -0.39 is 5.91 Å². The van der Waals surface area contributed by atoms with Gasteiger partial charge in [-0.15, -0.1) is 0 Å². The molecular formula is C18H22ClN5O2. The molecule has 0 atom stereocenters. The highest BCUT2D eigenvalue weighted by Crippen LogP contribution is 2.19. The molecule has 0 fully saturated rings. The van der Waals surface area contributed by atoms with Gasteiger partial charge in [0.25, 0.3) is 5.91 Å². The van der Waals surface area contributed by atoms with E-state index in [0.717, 1.165) is 5.56 Å². The molecule has 1 heterocycles. The van der Waals surface area contributed by atoms with Crippen LogP contribution in [-0.4, -0.2) is 27.3 Å². The van der Waals surface area contributed by atoms with Crippen molar-refractivity contribution in [3.8, 4) is 0 Å². The largest absolute Gasteiger partial charge is 0.326 e. The number of hydrazone groups is 1. The maximum Gasteiger partial charge on any atom is 0.291 e. The normalized spacial score (nSPS) is 11.6. The van der Waals surface area contributed by atoms with Gasteiger partial charge in [-0.1, -0.05) is 37.6 Å². The first-order valence-corrected chi connectivity index (χ1v) is 8.53. The van der Waals surface area contributed by atoms with E-state index in [4.69, 9.17) is 11.6 Å². The van der Waals surface area contributed by atoms with Crippen LogP contribution in [-0.2, 0) is 11.8 Å². The Morgan fingerprint density at radius 2 is 2.00 bits per heavy atom. The van der Waals surface area contributed by atoms with Crippen molar-refractivity contribution in [1.29, 1.82) is 0 Å². The van der Waals surface area contributed by atoms with Gasteiger partial charge in [0, 0.05) is 18.7 Å². The summed E-state index contributed by atoms with van der Waals surface area (Å²) in [4.78, 5) is 24.1. The Morgan fingerprint density at radius 1 is 1.31 bits per heavy atom. The number of amides is 2. The molecule has 0 spiro atoms. The third-order valence-corrected chi connectivity index (χ3v) is 4.21. The average molecular weight is 376 g/mol. The van der Waals surface area contributed by atoms with E-state index >= 15 is 0 Å². The molecule has 0 aliphatic rings. The van der Waals surface area contributed by atoms with Crippen molar-refractivity contribution in [1.82, 2.24) is 15.2 Å². The van der Waals surface area contributed by atoms with Gasteiger partial charge >= 0.3 is 0 Å². The van der Waals surface area contributed by atoms with Gasteiger partial charge in [-0.05, 0) is 31.5 Å². The van der Waals surface area contributed by atoms with E-state index in [2.05, 4.69) is 20.9 Å². The molecule has 2 rings (SSSR count). The Bertz CT molecular complexity index is 870. The van der Waals surface area contributed by atoms with Gasteiger partial charge in [-0.3, -0.25) is 14.3 Å². The van der Waals surface area contributed by atoms with Crippen molar-refractivity contribution in [3.05, 3.63) is 46.2 Å². The summed E-state index contributed by atoms with van der Waals surface area (Å²) in [6.45, 7) is 7.14. The summed E-state index contributed by atoms with van der Waals surface area (Å²) in [5, 5.41) is 11.4. The van der Waals surface area contributed by atoms with E-state index in [1.807, 2.05) is 26.0 Å². The highest BCUT2D eigenvalue weighted by Gasteiger charge is 2.18. The number of rotatable bonds is 5. The molecule has 0 radical (unpaired) electrons. The first kappa shape index (κ1) is 19.7. The van der Waals surface area contributed by atoms with E-state index in [9.17, 15) is 9.59 Å². The second-order valence-corrected chi connectivity index (χ2v) is 6.61. The van der Waals surface area contributed by atoms with Crippen molar-refractivity contribution in [2.24, 2.45) is 18.1 Å². The van der Waals surface area contributed by atoms with Gasteiger partial charge in [-0.25, -0.2) is 5.43 Å². The van der Waals surface area contributed by atoms with E-state index in [1.54, 1.807) is 33.0 Å². The Morgan fingerprint density at radius 3 is 2.58 bits per heavy atom. The van der Waals surface area contributed by atoms with Gasteiger partial charge in [0.2, 0.25) is 5.91 Å². The van der Waals surface area contributed by atoms with Gasteiger partial charge in [-0.2, -0.15) is 10.2 Å². The Labute approximate surface area is 157 Å². The average Bonchev–Trinajstić information content (AvgIpc) is 2.84. The third-order valence-electron chi connectivity index (χ3n) is 3.76. The zero-order chi connectivity index (χ0) is 19.4. The molecule has 0 saturated carbocycles. The molecular weight excluding hydrogens is 354 g/mol. The van der Waals surface area contributed by atoms with Crippen LogP contribution < -0.4 is 10.7 Å². The maximum absolute atomic E-state index is 12.3. The van der Waals surface area contributed by atoms with Crippen molar-refractivity contribution in [2.45, 2.75) is 27.7 Å². The zero-order valence-corrected chi connectivity index (χ0v) is 16.2. The summed E-state index contributed by atoms with van der Waals surface area (Å²) in [7, 11) is 1.64. The molecule has 0 unspecified atom stereocenters. The number of hydrogen-bond acceptors (Lipinski definition) is 4. The molecule has 2 N–H and O–H groups in total. The summed E-state index contributed by atoms with van der Waals surface area (Å²) in [5.41, 5.74) is 5.36. The van der Waals surface area contributed by atoms with E-state index in [0.29, 0.717) is 22.1 Å². The number of carbonyl (C=O) groups excluding carboxylic acids is 2. The van der Waals surface area contributed by atoms with Crippen LogP contribution in [0.3, 0.4) is 0 Å². The van der Waals surface area contributed by atoms with Gasteiger partial charge in [0.05, 0.1) is 16.4 Å². The molecule has 1 aromatic heterocycles. The number of anilines is 1. The first-order chi connectivity index (χ1) is 12.2. The van der Waals surface area contributed by atoms with Crippen molar-refractivity contribution in [2.75, 3.05) is 5.32 Å². The molecule has 8 heteroatoms. The number of aryl methyl sites for hydroxylation is 2. The lowest BCUT2D eigenvalue weighted by Crippen LogP contribution is -2.22. The van der Waals surface area contributed by atoms with Crippen LogP contribution in [0.1, 0.15) is 42.5 Å². The summed E-state index contributed by atoms with van der Waals surface area (Å²) in [5.74, 6) is -0.618. The number of benzene rings is 1. The lowest BCUT2D eigenvalue weighted by Gasteiger charge is -2.09. The minimum absolute atomic E-state index is 0.0636. The minimum atomic E-state index is -0.443. The van der Waals surface area contributed by atoms with Crippen LogP contribution in [0.15, 0.2) is 29.4 Å². The number of aromatic nitrogens is 2. The molecule has 0 bridgehead atoms. The lowest BCUT2D eigenvalue weighted by molar-refractivity contribution is -0.118. The Kier molecular flexibility index (Phi) is 6.15. The molecule has 0 aliphatic heterocycles. The molecule has 2 amide bonds. The topological polar surface area (TPSA) is 88.4 Å². The summed E-state index contributed by atoms with van der Waals surface area (Å²) < 4.78 is 1.42. The number of carbonyl (C=O) groups is 2. The van der Waals surface area contributed by atoms with Crippen LogP contribution >= 0.6 is 11.6 Å². The van der Waals surface area contributed by atoms with Crippen molar-refractivity contribution >= 4 is 34.8 Å². The fourth-order valence-electron chi connectivity index (χ4n) is 2.24. The molecule has 0 saturated heterocycles. The second-order valence-electron chi connectivity index (χ2n) is 6.23. The molecule has 1 aromatic carbocycles. The van der Waals surface area contributed by atoms with Crippen LogP contribution in [0.5, 0.6) is 0 Å². The van der Waals surface area contributed by atoms with Crippen LogP contribution in [0.2, 0.25) is 5.02 Å². The SMILES string of the molecule is C/C(=N/NC(=O)c1c(Cl)c(C)nn1C)c1cccc(NC(=O)C(C)C)c1. The highest BCUT2D eigenvalue weighted by atomic mass is 35.5. The Hall–Kier alpha value is -2.67. The second kappa shape index (κ2) is 8.14.